The maximum atomic E-state index is 12.2. The van der Waals surface area contributed by atoms with Crippen LogP contribution in [0.15, 0.2) is 48.5 Å². The number of anilines is 3. The van der Waals surface area contributed by atoms with Gasteiger partial charge < -0.3 is 15.5 Å². The van der Waals surface area contributed by atoms with Gasteiger partial charge in [-0.2, -0.15) is 0 Å². The number of nitrogens with zero attached hydrogens (tertiary/aromatic N) is 1. The molecule has 2 aromatic carbocycles. The fraction of sp³-hybridized carbons (Fsp3) is 0.409. The average Bonchev–Trinajstić information content (AvgIpc) is 2.68. The second-order valence-corrected chi connectivity index (χ2v) is 7.13. The first-order valence-electron chi connectivity index (χ1n) is 9.62. The van der Waals surface area contributed by atoms with Gasteiger partial charge in [-0.1, -0.05) is 32.0 Å². The van der Waals surface area contributed by atoms with Crippen molar-refractivity contribution in [3.05, 3.63) is 54.1 Å². The summed E-state index contributed by atoms with van der Waals surface area (Å²) in [5, 5.41) is 6.20. The van der Waals surface area contributed by atoms with Crippen molar-refractivity contribution in [2.75, 3.05) is 35.2 Å². The molecule has 0 aliphatic carbocycles. The molecule has 0 spiro atoms. The zero-order valence-corrected chi connectivity index (χ0v) is 15.8. The van der Waals surface area contributed by atoms with E-state index in [2.05, 4.69) is 53.6 Å². The van der Waals surface area contributed by atoms with Crippen molar-refractivity contribution in [3.8, 4) is 0 Å². The largest absolute Gasteiger partial charge is 0.376 e. The number of hydrogen-bond acceptors (Lipinski definition) is 3. The Morgan fingerprint density at radius 3 is 2.46 bits per heavy atom. The number of nitrogens with one attached hydrogen (secondary N) is 2. The Balaban J connectivity index is 1.50. The van der Waals surface area contributed by atoms with Gasteiger partial charge in [0.1, 0.15) is 0 Å². The highest BCUT2D eigenvalue weighted by atomic mass is 16.1. The van der Waals surface area contributed by atoms with Crippen LogP contribution in [0, 0.1) is 5.92 Å². The van der Waals surface area contributed by atoms with Gasteiger partial charge in [0.25, 0.3) is 0 Å². The molecule has 4 nitrogen and oxygen atoms in total. The Hall–Kier alpha value is -2.49. The Kier molecular flexibility index (Phi) is 6.16. The van der Waals surface area contributed by atoms with Crippen molar-refractivity contribution < 1.29 is 4.79 Å². The molecule has 138 valence electrons. The fourth-order valence-corrected chi connectivity index (χ4v) is 3.38. The number of aryl methyl sites for hydroxylation is 1. The minimum absolute atomic E-state index is 0.0278. The number of carbonyl (C=O) groups is 1. The molecule has 3 rings (SSSR count). The average molecular weight is 351 g/mol. The lowest BCUT2D eigenvalue weighted by Gasteiger charge is -2.32. The molecule has 1 aliphatic heterocycles. The van der Waals surface area contributed by atoms with Crippen LogP contribution in [0.25, 0.3) is 0 Å². The molecule has 0 unspecified atom stereocenters. The number of rotatable bonds is 6. The summed E-state index contributed by atoms with van der Waals surface area (Å²) < 4.78 is 0. The van der Waals surface area contributed by atoms with Crippen molar-refractivity contribution >= 4 is 23.0 Å². The summed E-state index contributed by atoms with van der Waals surface area (Å²) in [6.07, 6.45) is 3.43. The van der Waals surface area contributed by atoms with E-state index in [0.29, 0.717) is 0 Å². The minimum Gasteiger partial charge on any atom is -0.376 e. The van der Waals surface area contributed by atoms with Crippen molar-refractivity contribution in [2.24, 2.45) is 5.92 Å². The van der Waals surface area contributed by atoms with E-state index in [1.165, 1.54) is 18.5 Å². The first-order chi connectivity index (χ1) is 12.7. The minimum atomic E-state index is -0.0278. The molecule has 26 heavy (non-hydrogen) atoms. The third kappa shape index (κ3) is 4.78. The van der Waals surface area contributed by atoms with E-state index < -0.39 is 0 Å². The zero-order valence-electron chi connectivity index (χ0n) is 15.8. The van der Waals surface area contributed by atoms with Crippen molar-refractivity contribution in [3.63, 3.8) is 0 Å². The lowest BCUT2D eigenvalue weighted by Crippen LogP contribution is -2.32. The van der Waals surface area contributed by atoms with Crippen LogP contribution >= 0.6 is 0 Å². The molecule has 1 saturated heterocycles. The van der Waals surface area contributed by atoms with Crippen molar-refractivity contribution in [1.82, 2.24) is 0 Å². The van der Waals surface area contributed by atoms with Gasteiger partial charge in [-0.25, -0.2) is 0 Å². The number of piperidine rings is 1. The number of carbonyl (C=O) groups excluding carboxylic acids is 1. The van der Waals surface area contributed by atoms with E-state index in [1.807, 2.05) is 24.3 Å². The van der Waals surface area contributed by atoms with E-state index in [4.69, 9.17) is 0 Å². The van der Waals surface area contributed by atoms with Crippen LogP contribution in [0.4, 0.5) is 17.1 Å². The lowest BCUT2D eigenvalue weighted by atomic mass is 9.99. The molecule has 0 atom stereocenters. The van der Waals surface area contributed by atoms with Gasteiger partial charge in [-0.3, -0.25) is 4.79 Å². The molecular weight excluding hydrogens is 322 g/mol. The predicted octanol–water partition coefficient (Wildman–Crippen LogP) is 4.54. The van der Waals surface area contributed by atoms with Crippen molar-refractivity contribution in [2.45, 2.75) is 33.1 Å². The van der Waals surface area contributed by atoms with Gasteiger partial charge >= 0.3 is 0 Å². The number of hydrogen-bond donors (Lipinski definition) is 2. The smallest absolute Gasteiger partial charge is 0.243 e. The van der Waals surface area contributed by atoms with Crippen LogP contribution in [0.2, 0.25) is 0 Å². The fourth-order valence-electron chi connectivity index (χ4n) is 3.38. The van der Waals surface area contributed by atoms with E-state index in [-0.39, 0.29) is 12.5 Å². The van der Waals surface area contributed by atoms with Crippen LogP contribution in [0.1, 0.15) is 32.3 Å². The molecule has 1 fully saturated rings. The predicted molar refractivity (Wildman–Crippen MR) is 110 cm³/mol. The monoisotopic (exact) mass is 351 g/mol. The summed E-state index contributed by atoms with van der Waals surface area (Å²) in [5.74, 6) is 0.809. The van der Waals surface area contributed by atoms with Gasteiger partial charge in [0.15, 0.2) is 0 Å². The molecular formula is C22H29N3O. The molecule has 2 N–H and O–H groups in total. The van der Waals surface area contributed by atoms with Crippen LogP contribution < -0.4 is 15.5 Å². The standard InChI is InChI=1S/C22H29N3O/c1-3-18-6-4-5-7-21(18)24-22(26)16-23-19-8-10-20(11-9-19)25-14-12-17(2)13-15-25/h4-11,17,23H,3,12-16H2,1-2H3,(H,24,26). The molecule has 1 aliphatic rings. The van der Waals surface area contributed by atoms with Gasteiger partial charge in [0, 0.05) is 30.2 Å². The second-order valence-electron chi connectivity index (χ2n) is 7.13. The van der Waals surface area contributed by atoms with Crippen molar-refractivity contribution in [1.29, 1.82) is 0 Å². The topological polar surface area (TPSA) is 44.4 Å². The van der Waals surface area contributed by atoms with E-state index in [9.17, 15) is 4.79 Å². The molecule has 0 radical (unpaired) electrons. The number of benzene rings is 2. The maximum absolute atomic E-state index is 12.2. The summed E-state index contributed by atoms with van der Waals surface area (Å²) >= 11 is 0. The summed E-state index contributed by atoms with van der Waals surface area (Å²) in [4.78, 5) is 14.7. The highest BCUT2D eigenvalue weighted by molar-refractivity contribution is 5.94. The SMILES string of the molecule is CCc1ccccc1NC(=O)CNc1ccc(N2CCC(C)CC2)cc1. The molecule has 0 saturated carbocycles. The highest BCUT2D eigenvalue weighted by Gasteiger charge is 2.15. The molecule has 1 amide bonds. The van der Waals surface area contributed by atoms with Crippen LogP contribution in [0.5, 0.6) is 0 Å². The molecule has 2 aromatic rings. The van der Waals surface area contributed by atoms with Crippen LogP contribution in [-0.4, -0.2) is 25.5 Å². The summed E-state index contributed by atoms with van der Waals surface area (Å²) in [7, 11) is 0. The zero-order chi connectivity index (χ0) is 18.4. The Labute approximate surface area is 156 Å². The molecule has 1 heterocycles. The summed E-state index contributed by atoms with van der Waals surface area (Å²) in [5.41, 5.74) is 4.29. The van der Waals surface area contributed by atoms with Gasteiger partial charge in [-0.05, 0) is 61.1 Å². The molecule has 0 aromatic heterocycles. The summed E-state index contributed by atoms with van der Waals surface area (Å²) in [6, 6.07) is 16.3. The third-order valence-electron chi connectivity index (χ3n) is 5.14. The summed E-state index contributed by atoms with van der Waals surface area (Å²) in [6.45, 7) is 6.95. The first-order valence-corrected chi connectivity index (χ1v) is 9.62. The Morgan fingerprint density at radius 2 is 1.77 bits per heavy atom. The number of para-hydroxylation sites is 1. The van der Waals surface area contributed by atoms with Gasteiger partial charge in [0.05, 0.1) is 6.54 Å². The first kappa shape index (κ1) is 18.3. The quantitative estimate of drug-likeness (QED) is 0.803. The molecule has 0 bridgehead atoms. The number of amides is 1. The second kappa shape index (κ2) is 8.75. The van der Waals surface area contributed by atoms with E-state index in [0.717, 1.165) is 42.4 Å². The maximum Gasteiger partial charge on any atom is 0.243 e. The van der Waals surface area contributed by atoms with Gasteiger partial charge in [0.2, 0.25) is 5.91 Å². The Morgan fingerprint density at radius 1 is 1.08 bits per heavy atom. The normalized spacial score (nSPS) is 14.9. The Bertz CT molecular complexity index is 718. The highest BCUT2D eigenvalue weighted by Crippen LogP contribution is 2.24. The van der Waals surface area contributed by atoms with Crippen LogP contribution in [-0.2, 0) is 11.2 Å². The van der Waals surface area contributed by atoms with E-state index >= 15 is 0 Å². The lowest BCUT2D eigenvalue weighted by molar-refractivity contribution is -0.114. The van der Waals surface area contributed by atoms with Gasteiger partial charge in [-0.15, -0.1) is 0 Å². The van der Waals surface area contributed by atoms with E-state index in [1.54, 1.807) is 0 Å². The van der Waals surface area contributed by atoms with Crippen LogP contribution in [0.3, 0.4) is 0 Å². The molecule has 4 heteroatoms. The third-order valence-corrected chi connectivity index (χ3v) is 5.14.